The summed E-state index contributed by atoms with van der Waals surface area (Å²) >= 11 is 12.7. The average Bonchev–Trinajstić information content (AvgIpc) is 3.27. The highest BCUT2D eigenvalue weighted by atomic mass is 35.5. The number of nitrogens with two attached hydrogens (primary N) is 1. The number of pyridine rings is 1. The van der Waals surface area contributed by atoms with Gasteiger partial charge in [0.2, 0.25) is 0 Å². The fourth-order valence-corrected chi connectivity index (χ4v) is 3.88. The van der Waals surface area contributed by atoms with Crippen molar-refractivity contribution >= 4 is 46.7 Å². The van der Waals surface area contributed by atoms with Crippen LogP contribution >= 0.6 is 23.2 Å². The number of aromatic nitrogens is 3. The number of rotatable bonds is 7. The normalized spacial score (nSPS) is 10.7. The maximum absolute atomic E-state index is 13.3. The van der Waals surface area contributed by atoms with Gasteiger partial charge in [0.05, 0.1) is 33.6 Å². The van der Waals surface area contributed by atoms with Crippen LogP contribution in [0.25, 0.3) is 16.9 Å². The maximum atomic E-state index is 13.3. The van der Waals surface area contributed by atoms with Crippen LogP contribution in [0, 0.1) is 0 Å². The molecule has 4 aromatic rings. The van der Waals surface area contributed by atoms with Crippen LogP contribution in [0.1, 0.15) is 20.8 Å². The van der Waals surface area contributed by atoms with Crippen LogP contribution in [-0.2, 0) is 0 Å². The van der Waals surface area contributed by atoms with E-state index >= 15 is 0 Å². The smallest absolute Gasteiger partial charge is 0.271 e. The molecule has 2 amide bonds. The topological polar surface area (TPSA) is 135 Å². The first kappa shape index (κ1) is 24.2. The van der Waals surface area contributed by atoms with Gasteiger partial charge in [0, 0.05) is 18.2 Å². The predicted octanol–water partition coefficient (Wildman–Crippen LogP) is 3.80. The molecular formula is C24H20Cl2N6O3. The number of carbonyl (C=O) groups excluding carboxylic acids is 2. The molecule has 5 N–H and O–H groups in total. The third-order valence-electron chi connectivity index (χ3n) is 4.93. The van der Waals surface area contributed by atoms with Crippen LogP contribution in [0.15, 0.2) is 66.7 Å². The Kier molecular flexibility index (Phi) is 7.31. The van der Waals surface area contributed by atoms with Gasteiger partial charge in [0.15, 0.2) is 5.69 Å². The molecule has 0 saturated carbocycles. The first-order valence-corrected chi connectivity index (χ1v) is 11.2. The SMILES string of the molecule is Nc1cccc(-c2cc(C(=O)Nc3cc(C(=O)NCCO)nn3-c3ccccc3)c(Cl)cc2Cl)n1. The number of nitrogen functional groups attached to an aromatic ring is 1. The fourth-order valence-electron chi connectivity index (χ4n) is 3.31. The van der Waals surface area contributed by atoms with E-state index in [9.17, 15) is 9.59 Å². The van der Waals surface area contributed by atoms with Crippen molar-refractivity contribution in [1.29, 1.82) is 0 Å². The number of benzene rings is 2. The number of amides is 2. The summed E-state index contributed by atoms with van der Waals surface area (Å²) in [5, 5.41) is 19.0. The van der Waals surface area contributed by atoms with Crippen molar-refractivity contribution in [2.24, 2.45) is 0 Å². The minimum Gasteiger partial charge on any atom is -0.395 e. The van der Waals surface area contributed by atoms with E-state index in [2.05, 4.69) is 20.7 Å². The number of aliphatic hydroxyl groups is 1. The summed E-state index contributed by atoms with van der Waals surface area (Å²) < 4.78 is 1.43. The van der Waals surface area contributed by atoms with E-state index in [0.29, 0.717) is 27.8 Å². The number of hydrogen-bond donors (Lipinski definition) is 4. The molecule has 0 unspecified atom stereocenters. The van der Waals surface area contributed by atoms with Gasteiger partial charge in [-0.1, -0.05) is 47.5 Å². The molecule has 0 atom stereocenters. The lowest BCUT2D eigenvalue weighted by Gasteiger charge is -2.12. The van der Waals surface area contributed by atoms with E-state index in [1.165, 1.54) is 22.9 Å². The second-order valence-corrected chi connectivity index (χ2v) is 8.17. The molecule has 2 aromatic heterocycles. The zero-order chi connectivity index (χ0) is 24.9. The zero-order valence-corrected chi connectivity index (χ0v) is 19.7. The first-order valence-electron chi connectivity index (χ1n) is 10.4. The van der Waals surface area contributed by atoms with Gasteiger partial charge in [-0.2, -0.15) is 5.10 Å². The van der Waals surface area contributed by atoms with Crippen molar-refractivity contribution in [2.45, 2.75) is 0 Å². The highest BCUT2D eigenvalue weighted by Gasteiger charge is 2.20. The Bertz CT molecular complexity index is 1390. The molecular weight excluding hydrogens is 491 g/mol. The summed E-state index contributed by atoms with van der Waals surface area (Å²) in [5.41, 5.74) is 7.58. The number of nitrogens with one attached hydrogen (secondary N) is 2. The van der Waals surface area contributed by atoms with Gasteiger partial charge in [-0.05, 0) is 36.4 Å². The average molecular weight is 511 g/mol. The number of aliphatic hydroxyl groups excluding tert-OH is 1. The lowest BCUT2D eigenvalue weighted by atomic mass is 10.1. The van der Waals surface area contributed by atoms with Gasteiger partial charge in [-0.3, -0.25) is 9.59 Å². The Balaban J connectivity index is 1.71. The van der Waals surface area contributed by atoms with Gasteiger partial charge in [0.1, 0.15) is 11.6 Å². The van der Waals surface area contributed by atoms with Crippen LogP contribution in [0.5, 0.6) is 0 Å². The van der Waals surface area contributed by atoms with E-state index < -0.39 is 11.8 Å². The van der Waals surface area contributed by atoms with E-state index in [1.807, 2.05) is 6.07 Å². The summed E-state index contributed by atoms with van der Waals surface area (Å²) in [6.07, 6.45) is 0. The minimum absolute atomic E-state index is 0.0597. The molecule has 0 radical (unpaired) electrons. The summed E-state index contributed by atoms with van der Waals surface area (Å²) in [4.78, 5) is 29.9. The van der Waals surface area contributed by atoms with Crippen molar-refractivity contribution in [3.05, 3.63) is 88.0 Å². The van der Waals surface area contributed by atoms with Crippen LogP contribution < -0.4 is 16.4 Å². The van der Waals surface area contributed by atoms with E-state index in [-0.39, 0.29) is 35.2 Å². The molecule has 4 rings (SSSR count). The molecule has 178 valence electrons. The molecule has 11 heteroatoms. The Hall–Kier alpha value is -3.92. The molecule has 0 aliphatic heterocycles. The van der Waals surface area contributed by atoms with Crippen molar-refractivity contribution < 1.29 is 14.7 Å². The quantitative estimate of drug-likeness (QED) is 0.298. The third-order valence-corrected chi connectivity index (χ3v) is 5.56. The van der Waals surface area contributed by atoms with Crippen molar-refractivity contribution in [2.75, 3.05) is 24.2 Å². The van der Waals surface area contributed by atoms with Gasteiger partial charge in [0.25, 0.3) is 11.8 Å². The maximum Gasteiger partial charge on any atom is 0.271 e. The van der Waals surface area contributed by atoms with Gasteiger partial charge >= 0.3 is 0 Å². The van der Waals surface area contributed by atoms with Crippen molar-refractivity contribution in [3.8, 4) is 16.9 Å². The number of halogens is 2. The first-order chi connectivity index (χ1) is 16.9. The molecule has 0 fully saturated rings. The van der Waals surface area contributed by atoms with Crippen LogP contribution in [0.3, 0.4) is 0 Å². The largest absolute Gasteiger partial charge is 0.395 e. The van der Waals surface area contributed by atoms with Gasteiger partial charge < -0.3 is 21.5 Å². The standard InChI is InChI=1S/C24H20Cl2N6O3/c25-17-12-18(26)16(11-15(17)19-7-4-8-21(27)29-19)23(34)30-22-13-20(24(35)28-9-10-33)31-32(22)14-5-2-1-3-6-14/h1-8,11-13,33H,9-10H2,(H2,27,29)(H,28,35)(H,30,34). The number of para-hydroxylation sites is 1. The van der Waals surface area contributed by atoms with Crippen LogP contribution in [0.4, 0.5) is 11.6 Å². The van der Waals surface area contributed by atoms with E-state index in [4.69, 9.17) is 34.0 Å². The van der Waals surface area contributed by atoms with Crippen LogP contribution in [-0.4, -0.2) is 44.8 Å². The predicted molar refractivity (Wildman–Crippen MR) is 135 cm³/mol. The number of anilines is 2. The summed E-state index contributed by atoms with van der Waals surface area (Å²) in [6, 6.07) is 18.5. The molecule has 2 heterocycles. The highest BCUT2D eigenvalue weighted by molar-refractivity contribution is 6.38. The second kappa shape index (κ2) is 10.6. The molecule has 0 aliphatic rings. The summed E-state index contributed by atoms with van der Waals surface area (Å²) in [7, 11) is 0. The molecule has 35 heavy (non-hydrogen) atoms. The molecule has 0 aliphatic carbocycles. The highest BCUT2D eigenvalue weighted by Crippen LogP contribution is 2.33. The number of nitrogens with zero attached hydrogens (tertiary/aromatic N) is 3. The van der Waals surface area contributed by atoms with Crippen molar-refractivity contribution in [3.63, 3.8) is 0 Å². The zero-order valence-electron chi connectivity index (χ0n) is 18.2. The van der Waals surface area contributed by atoms with Gasteiger partial charge in [-0.25, -0.2) is 9.67 Å². The molecule has 0 bridgehead atoms. The van der Waals surface area contributed by atoms with Gasteiger partial charge in [-0.15, -0.1) is 0 Å². The lowest BCUT2D eigenvalue weighted by molar-refractivity contribution is 0.0938. The van der Waals surface area contributed by atoms with E-state index in [1.54, 1.807) is 42.5 Å². The third kappa shape index (κ3) is 5.43. The summed E-state index contributed by atoms with van der Waals surface area (Å²) in [6.45, 7) is -0.145. The van der Waals surface area contributed by atoms with Crippen LogP contribution in [0.2, 0.25) is 10.0 Å². The number of carbonyl (C=O) groups is 2. The van der Waals surface area contributed by atoms with Crippen molar-refractivity contribution in [1.82, 2.24) is 20.1 Å². The molecule has 0 saturated heterocycles. The Morgan fingerprint density at radius 3 is 2.46 bits per heavy atom. The molecule has 9 nitrogen and oxygen atoms in total. The Morgan fingerprint density at radius 1 is 0.971 bits per heavy atom. The molecule has 2 aromatic carbocycles. The molecule has 0 spiro atoms. The second-order valence-electron chi connectivity index (χ2n) is 7.36. The monoisotopic (exact) mass is 510 g/mol. The Labute approximate surface area is 210 Å². The summed E-state index contributed by atoms with van der Waals surface area (Å²) in [5.74, 6) is -0.497. The fraction of sp³-hybridized carbons (Fsp3) is 0.0833. The number of hydrogen-bond acceptors (Lipinski definition) is 6. The lowest BCUT2D eigenvalue weighted by Crippen LogP contribution is -2.26. The minimum atomic E-state index is -0.545. The Morgan fingerprint density at radius 2 is 1.74 bits per heavy atom. The van der Waals surface area contributed by atoms with E-state index in [0.717, 1.165) is 0 Å².